The fourth-order valence-electron chi connectivity index (χ4n) is 2.27. The summed E-state index contributed by atoms with van der Waals surface area (Å²) in [6, 6.07) is 0. The zero-order chi connectivity index (χ0) is 10.2. The molecule has 0 aromatic carbocycles. The largest absolute Gasteiger partial charge is 0.389 e. The summed E-state index contributed by atoms with van der Waals surface area (Å²) in [6.07, 6.45) is 1.13. The Morgan fingerprint density at radius 1 is 1.29 bits per heavy atom. The number of nitrogens with zero attached hydrogens (tertiary/aromatic N) is 1. The average Bonchev–Trinajstić information content (AvgIpc) is 1.99. The Hall–Kier alpha value is 0.0569. The molecule has 3 unspecified atom stereocenters. The van der Waals surface area contributed by atoms with E-state index in [0.717, 1.165) is 13.1 Å². The van der Waals surface area contributed by atoms with Crippen molar-refractivity contribution in [2.45, 2.75) is 25.7 Å². The number of rotatable bonds is 0. The second-order valence-electron chi connectivity index (χ2n) is 4.54. The maximum Gasteiger partial charge on any atom is 0.362 e. The van der Waals surface area contributed by atoms with Crippen LogP contribution in [-0.2, 0) is 13.6 Å². The van der Waals surface area contributed by atoms with E-state index in [1.54, 1.807) is 0 Å². The van der Waals surface area contributed by atoms with Crippen molar-refractivity contribution in [3.63, 3.8) is 0 Å². The second-order valence-corrected chi connectivity index (χ2v) is 7.57. The first kappa shape index (κ1) is 10.6. The van der Waals surface area contributed by atoms with E-state index >= 15 is 0 Å². The topological polar surface area (TPSA) is 30.9 Å². The van der Waals surface area contributed by atoms with Crippen molar-refractivity contribution >= 4 is 8.56 Å². The summed E-state index contributed by atoms with van der Waals surface area (Å²) in [5.74, 6) is 0. The Balaban J connectivity index is 2.08. The molecule has 2 fully saturated rings. The highest BCUT2D eigenvalue weighted by atomic mass is 28.4. The molecule has 0 amide bonds. The normalized spacial score (nSPS) is 45.6. The predicted octanol–water partition coefficient (Wildman–Crippen LogP) is 0.363. The van der Waals surface area contributed by atoms with Crippen LogP contribution in [0, 0.1) is 0 Å². The van der Waals surface area contributed by atoms with Crippen LogP contribution in [0.3, 0.4) is 0 Å². The van der Waals surface area contributed by atoms with Gasteiger partial charge in [-0.05, 0) is 20.5 Å². The Morgan fingerprint density at radius 3 is 2.86 bits per heavy atom. The van der Waals surface area contributed by atoms with E-state index in [1.165, 1.54) is 0 Å². The van der Waals surface area contributed by atoms with Crippen LogP contribution in [0.1, 0.15) is 6.92 Å². The minimum atomic E-state index is -2.01. The van der Waals surface area contributed by atoms with E-state index in [4.69, 9.17) is 13.6 Å². The molecule has 0 spiro atoms. The molecule has 0 aliphatic carbocycles. The van der Waals surface area contributed by atoms with Gasteiger partial charge in [-0.3, -0.25) is 0 Å². The van der Waals surface area contributed by atoms with Crippen LogP contribution in [0.4, 0.5) is 0 Å². The number of ether oxygens (including phenoxy) is 1. The van der Waals surface area contributed by atoms with E-state index in [1.807, 2.05) is 0 Å². The third kappa shape index (κ3) is 2.35. The van der Waals surface area contributed by atoms with Gasteiger partial charge in [0.05, 0.1) is 25.0 Å². The zero-order valence-corrected chi connectivity index (χ0v) is 10.2. The lowest BCUT2D eigenvalue weighted by Crippen LogP contribution is -2.59. The molecule has 2 bridgehead atoms. The number of hydrogen-bond donors (Lipinski definition) is 0. The van der Waals surface area contributed by atoms with Crippen LogP contribution in [0.2, 0.25) is 6.55 Å². The smallest absolute Gasteiger partial charge is 0.362 e. The van der Waals surface area contributed by atoms with Gasteiger partial charge in [0, 0.05) is 13.1 Å². The molecule has 0 aromatic heterocycles. The monoisotopic (exact) mass is 217 g/mol. The molecule has 0 radical (unpaired) electrons. The summed E-state index contributed by atoms with van der Waals surface area (Å²) < 4.78 is 17.5. The van der Waals surface area contributed by atoms with Crippen molar-refractivity contribution in [1.82, 2.24) is 4.90 Å². The van der Waals surface area contributed by atoms with Gasteiger partial charge >= 0.3 is 8.56 Å². The van der Waals surface area contributed by atoms with Crippen molar-refractivity contribution in [2.24, 2.45) is 0 Å². The molecule has 2 aliphatic heterocycles. The van der Waals surface area contributed by atoms with E-state index in [0.29, 0.717) is 12.8 Å². The summed E-state index contributed by atoms with van der Waals surface area (Å²) in [7, 11) is 0.0883. The molecule has 2 heterocycles. The first-order chi connectivity index (χ1) is 6.57. The van der Waals surface area contributed by atoms with Gasteiger partial charge in [-0.2, -0.15) is 0 Å². The van der Waals surface area contributed by atoms with Gasteiger partial charge in [0.1, 0.15) is 0 Å². The minimum absolute atomic E-state index is 0.206. The van der Waals surface area contributed by atoms with Crippen molar-refractivity contribution in [1.29, 1.82) is 0 Å². The molecule has 2 aliphatic rings. The molecule has 0 saturated carbocycles. The maximum atomic E-state index is 6.01. The number of likely N-dealkylation sites (N-methyl/N-ethyl adjacent to an activating group) is 1. The number of hydrogen-bond acceptors (Lipinski definition) is 4. The Labute approximate surface area is 86.4 Å². The van der Waals surface area contributed by atoms with Crippen molar-refractivity contribution in [2.75, 3.05) is 33.0 Å². The molecule has 4 nitrogen and oxygen atoms in total. The number of fused-ring (bicyclic) bond motifs is 2. The lowest BCUT2D eigenvalue weighted by molar-refractivity contribution is -0.0570. The van der Waals surface area contributed by atoms with Gasteiger partial charge in [-0.1, -0.05) is 0 Å². The predicted molar refractivity (Wildman–Crippen MR) is 55.4 cm³/mol. The van der Waals surface area contributed by atoms with Gasteiger partial charge in [-0.15, -0.1) is 0 Å². The molecule has 3 atom stereocenters. The zero-order valence-electron chi connectivity index (χ0n) is 9.16. The summed E-state index contributed by atoms with van der Waals surface area (Å²) in [5, 5.41) is 0. The molecule has 2 saturated heterocycles. The van der Waals surface area contributed by atoms with Gasteiger partial charge in [0.15, 0.2) is 0 Å². The van der Waals surface area contributed by atoms with E-state index in [2.05, 4.69) is 25.4 Å². The highest BCUT2D eigenvalue weighted by Crippen LogP contribution is 2.21. The Bertz CT molecular complexity index is 212. The molecule has 82 valence electrons. The Morgan fingerprint density at radius 2 is 2.07 bits per heavy atom. The van der Waals surface area contributed by atoms with Crippen molar-refractivity contribution in [3.05, 3.63) is 0 Å². The van der Waals surface area contributed by atoms with E-state index < -0.39 is 8.56 Å². The fourth-order valence-corrected chi connectivity index (χ4v) is 4.73. The summed E-state index contributed by atoms with van der Waals surface area (Å²) in [5.41, 5.74) is 0. The highest BCUT2D eigenvalue weighted by molar-refractivity contribution is 6.66. The van der Waals surface area contributed by atoms with Crippen LogP contribution in [0.5, 0.6) is 0 Å². The maximum absolute atomic E-state index is 6.01. The fraction of sp³-hybridized carbons (Fsp3) is 1.00. The summed E-state index contributed by atoms with van der Waals surface area (Å²) >= 11 is 0. The SMILES string of the molecule is CC1CN(C)CC2COC[Si](C)(O1)O2. The van der Waals surface area contributed by atoms with E-state index in [9.17, 15) is 0 Å². The molecular weight excluding hydrogens is 198 g/mol. The van der Waals surface area contributed by atoms with Crippen LogP contribution >= 0.6 is 0 Å². The third-order valence-corrected chi connectivity index (χ3v) is 5.08. The van der Waals surface area contributed by atoms with Crippen LogP contribution in [0.25, 0.3) is 0 Å². The molecular formula is C9H19NO3Si. The third-order valence-electron chi connectivity index (χ3n) is 2.62. The second kappa shape index (κ2) is 3.90. The summed E-state index contributed by atoms with van der Waals surface area (Å²) in [4.78, 5) is 2.25. The molecule has 5 heteroatoms. The minimum Gasteiger partial charge on any atom is -0.389 e. The van der Waals surface area contributed by atoms with Gasteiger partial charge < -0.3 is 18.5 Å². The molecule has 2 rings (SSSR count). The molecule has 14 heavy (non-hydrogen) atoms. The Kier molecular flexibility index (Phi) is 2.95. The first-order valence-corrected chi connectivity index (χ1v) is 7.72. The lowest BCUT2D eigenvalue weighted by Gasteiger charge is -2.42. The van der Waals surface area contributed by atoms with Crippen molar-refractivity contribution in [3.8, 4) is 0 Å². The average molecular weight is 217 g/mol. The molecule has 0 N–H and O–H groups in total. The van der Waals surface area contributed by atoms with Crippen LogP contribution < -0.4 is 0 Å². The van der Waals surface area contributed by atoms with Crippen LogP contribution in [-0.4, -0.2) is 58.6 Å². The molecule has 0 aromatic rings. The van der Waals surface area contributed by atoms with E-state index in [-0.39, 0.29) is 12.2 Å². The van der Waals surface area contributed by atoms with Crippen molar-refractivity contribution < 1.29 is 13.6 Å². The first-order valence-electron chi connectivity index (χ1n) is 5.19. The van der Waals surface area contributed by atoms with Gasteiger partial charge in [0.25, 0.3) is 0 Å². The van der Waals surface area contributed by atoms with Gasteiger partial charge in [0.2, 0.25) is 0 Å². The van der Waals surface area contributed by atoms with Crippen LogP contribution in [0.15, 0.2) is 0 Å². The highest BCUT2D eigenvalue weighted by Gasteiger charge is 2.42. The van der Waals surface area contributed by atoms with Gasteiger partial charge in [-0.25, -0.2) is 0 Å². The quantitative estimate of drug-likeness (QED) is 0.548. The summed E-state index contributed by atoms with van der Waals surface area (Å²) in [6.45, 7) is 6.86. The lowest BCUT2D eigenvalue weighted by atomic mass is 10.3. The standard InChI is InChI=1S/C9H19NO3Si/c1-8-4-10(2)5-9-6-11-7-14(3,12-8)13-9/h8-9H,4-7H2,1-3H3.